The molecule has 0 bridgehead atoms. The van der Waals surface area contributed by atoms with Crippen LogP contribution >= 0.6 is 22.9 Å². The van der Waals surface area contributed by atoms with Crippen LogP contribution < -0.4 is 9.64 Å². The minimum atomic E-state index is -1.02. The summed E-state index contributed by atoms with van der Waals surface area (Å²) in [7, 11) is 0. The number of aliphatic hydroxyl groups excluding tert-OH is 1. The molecule has 0 radical (unpaired) electrons. The number of aryl methyl sites for hydroxylation is 1. The maximum absolute atomic E-state index is 13.4. The lowest BCUT2D eigenvalue weighted by Crippen LogP contribution is -2.29. The third-order valence-electron chi connectivity index (χ3n) is 5.72. The number of anilines is 1. The van der Waals surface area contributed by atoms with Crippen LogP contribution in [-0.2, 0) is 14.3 Å². The van der Waals surface area contributed by atoms with Gasteiger partial charge in [0.1, 0.15) is 23.0 Å². The summed E-state index contributed by atoms with van der Waals surface area (Å²) in [5, 5.41) is 11.9. The number of carbonyl (C=O) groups excluding carboxylic acids is 3. The van der Waals surface area contributed by atoms with Gasteiger partial charge >= 0.3 is 11.9 Å². The van der Waals surface area contributed by atoms with Crippen molar-refractivity contribution >= 4 is 51.5 Å². The van der Waals surface area contributed by atoms with Crippen LogP contribution in [0.4, 0.5) is 5.13 Å². The molecule has 1 N–H and O–H groups in total. The summed E-state index contributed by atoms with van der Waals surface area (Å²) in [6.45, 7) is 7.62. The van der Waals surface area contributed by atoms with Crippen LogP contribution in [0.5, 0.6) is 5.75 Å². The highest BCUT2D eigenvalue weighted by Crippen LogP contribution is 2.44. The normalized spacial score (nSPS) is 16.5. The summed E-state index contributed by atoms with van der Waals surface area (Å²) in [6, 6.07) is 12.2. The summed E-state index contributed by atoms with van der Waals surface area (Å²) < 4.78 is 10.8. The Kier molecular flexibility index (Phi) is 8.29. The van der Waals surface area contributed by atoms with Crippen molar-refractivity contribution in [2.24, 2.45) is 0 Å². The molecule has 4 rings (SSSR count). The minimum Gasteiger partial charge on any atom is -0.507 e. The van der Waals surface area contributed by atoms with Gasteiger partial charge in [-0.1, -0.05) is 66.8 Å². The van der Waals surface area contributed by atoms with Crippen molar-refractivity contribution in [2.45, 2.75) is 26.3 Å². The SMILES string of the molecule is C=CCOC(=O)c1sc(N2C(=O)C(=O)C(=C(O)c3cccc(OCCC)c3)C2c2ccc(Cl)cc2)nc1C. The van der Waals surface area contributed by atoms with E-state index < -0.39 is 23.7 Å². The second-order valence-electron chi connectivity index (χ2n) is 8.40. The van der Waals surface area contributed by atoms with E-state index in [4.69, 9.17) is 21.1 Å². The number of hydrogen-bond acceptors (Lipinski definition) is 8. The lowest BCUT2D eigenvalue weighted by Gasteiger charge is -2.23. The van der Waals surface area contributed by atoms with Crippen molar-refractivity contribution < 1.29 is 29.0 Å². The Bertz CT molecular complexity index is 1430. The highest BCUT2D eigenvalue weighted by molar-refractivity contribution is 7.17. The van der Waals surface area contributed by atoms with Crippen LogP contribution in [-0.4, -0.2) is 41.0 Å². The summed E-state index contributed by atoms with van der Waals surface area (Å²) >= 11 is 7.02. The third-order valence-corrected chi connectivity index (χ3v) is 7.11. The molecular formula is C28H25ClN2O6S. The van der Waals surface area contributed by atoms with Crippen LogP contribution in [0.15, 0.2) is 66.8 Å². The first-order valence-corrected chi connectivity index (χ1v) is 13.0. The number of amides is 1. The number of rotatable bonds is 9. The molecule has 1 saturated heterocycles. The molecule has 10 heteroatoms. The maximum atomic E-state index is 13.4. The number of Topliss-reactive ketones (excluding diaryl/α,β-unsaturated/α-hetero) is 1. The van der Waals surface area contributed by atoms with Crippen LogP contribution in [0.2, 0.25) is 5.02 Å². The summed E-state index contributed by atoms with van der Waals surface area (Å²) in [4.78, 5) is 45.1. The standard InChI is InChI=1S/C28H25ClN2O6S/c1-4-13-36-20-8-6-7-18(15-20)23(32)21-22(17-9-11-19(29)12-10-17)31(26(34)24(21)33)28-30-16(3)25(38-28)27(35)37-14-5-2/h5-12,15,22,32H,2,4,13-14H2,1,3H3. The molecule has 8 nitrogen and oxygen atoms in total. The van der Waals surface area contributed by atoms with Crippen molar-refractivity contribution in [1.82, 2.24) is 4.98 Å². The number of ether oxygens (including phenoxy) is 2. The fourth-order valence-corrected chi connectivity index (χ4v) is 5.09. The number of esters is 1. The number of thiazole rings is 1. The number of aliphatic hydroxyl groups is 1. The zero-order chi connectivity index (χ0) is 27.4. The summed E-state index contributed by atoms with van der Waals surface area (Å²) in [5.41, 5.74) is 1.07. The predicted molar refractivity (Wildman–Crippen MR) is 146 cm³/mol. The Morgan fingerprint density at radius 1 is 1.24 bits per heavy atom. The summed E-state index contributed by atoms with van der Waals surface area (Å²) in [5.74, 6) is -2.22. The van der Waals surface area contributed by atoms with E-state index in [0.717, 1.165) is 17.8 Å². The van der Waals surface area contributed by atoms with Gasteiger partial charge in [0, 0.05) is 10.6 Å². The first kappa shape index (κ1) is 27.1. The van der Waals surface area contributed by atoms with Gasteiger partial charge in [0.2, 0.25) is 0 Å². The van der Waals surface area contributed by atoms with Gasteiger partial charge in [0.15, 0.2) is 5.13 Å². The lowest BCUT2D eigenvalue weighted by molar-refractivity contribution is -0.132. The Labute approximate surface area is 228 Å². The molecule has 1 unspecified atom stereocenters. The van der Waals surface area contributed by atoms with Gasteiger partial charge in [-0.3, -0.25) is 14.5 Å². The van der Waals surface area contributed by atoms with Gasteiger partial charge in [-0.05, 0) is 43.2 Å². The average molecular weight is 553 g/mol. The molecule has 1 aliphatic rings. The molecule has 1 fully saturated rings. The molecule has 1 atom stereocenters. The second kappa shape index (κ2) is 11.6. The molecule has 2 heterocycles. The molecule has 3 aromatic rings. The van der Waals surface area contributed by atoms with Crippen LogP contribution in [0.25, 0.3) is 5.76 Å². The fraction of sp³-hybridized carbons (Fsp3) is 0.214. The topological polar surface area (TPSA) is 106 Å². The van der Waals surface area contributed by atoms with E-state index in [1.54, 1.807) is 55.5 Å². The van der Waals surface area contributed by atoms with Crippen molar-refractivity contribution in [1.29, 1.82) is 0 Å². The summed E-state index contributed by atoms with van der Waals surface area (Å²) in [6.07, 6.45) is 2.24. The number of halogens is 1. The Morgan fingerprint density at radius 2 is 1.97 bits per heavy atom. The quantitative estimate of drug-likeness (QED) is 0.116. The number of carbonyl (C=O) groups is 3. The maximum Gasteiger partial charge on any atom is 0.350 e. The molecule has 0 aliphatic carbocycles. The van der Waals surface area contributed by atoms with E-state index in [1.807, 2.05) is 6.92 Å². The van der Waals surface area contributed by atoms with Crippen LogP contribution in [0.1, 0.15) is 45.9 Å². The minimum absolute atomic E-state index is 0.0157. The Hall–Kier alpha value is -3.95. The number of ketones is 1. The zero-order valence-corrected chi connectivity index (χ0v) is 22.3. The first-order valence-electron chi connectivity index (χ1n) is 11.8. The largest absolute Gasteiger partial charge is 0.507 e. The van der Waals surface area contributed by atoms with E-state index in [9.17, 15) is 19.5 Å². The predicted octanol–water partition coefficient (Wildman–Crippen LogP) is 5.86. The molecule has 0 spiro atoms. The van der Waals surface area contributed by atoms with Gasteiger partial charge in [0.25, 0.3) is 5.78 Å². The van der Waals surface area contributed by atoms with Gasteiger partial charge in [-0.2, -0.15) is 0 Å². The molecule has 2 aromatic carbocycles. The molecule has 1 aliphatic heterocycles. The Morgan fingerprint density at radius 3 is 2.66 bits per heavy atom. The van der Waals surface area contributed by atoms with Crippen molar-refractivity contribution in [3.8, 4) is 5.75 Å². The fourth-order valence-electron chi connectivity index (χ4n) is 3.97. The van der Waals surface area contributed by atoms with Gasteiger partial charge in [-0.15, -0.1) is 0 Å². The molecule has 1 aromatic heterocycles. The third kappa shape index (κ3) is 5.34. The lowest BCUT2D eigenvalue weighted by atomic mass is 9.95. The number of nitrogens with zero attached hydrogens (tertiary/aromatic N) is 2. The Balaban J connectivity index is 1.85. The molecule has 1 amide bonds. The smallest absolute Gasteiger partial charge is 0.350 e. The molecule has 196 valence electrons. The van der Waals surface area contributed by atoms with Crippen LogP contribution in [0, 0.1) is 6.92 Å². The highest BCUT2D eigenvalue weighted by atomic mass is 35.5. The van der Waals surface area contributed by atoms with Crippen molar-refractivity contribution in [3.05, 3.63) is 93.5 Å². The van der Waals surface area contributed by atoms with E-state index in [0.29, 0.717) is 34.2 Å². The van der Waals surface area contributed by atoms with Crippen LogP contribution in [0.3, 0.4) is 0 Å². The van der Waals surface area contributed by atoms with E-state index in [1.165, 1.54) is 11.0 Å². The number of hydrogen-bond donors (Lipinski definition) is 1. The zero-order valence-electron chi connectivity index (χ0n) is 20.8. The molecule has 38 heavy (non-hydrogen) atoms. The number of aromatic nitrogens is 1. The van der Waals surface area contributed by atoms with E-state index >= 15 is 0 Å². The molecule has 0 saturated carbocycles. The van der Waals surface area contributed by atoms with Crippen molar-refractivity contribution in [3.63, 3.8) is 0 Å². The van der Waals surface area contributed by atoms with Gasteiger partial charge in [0.05, 0.1) is 23.9 Å². The molecular weight excluding hydrogens is 528 g/mol. The highest BCUT2D eigenvalue weighted by Gasteiger charge is 2.48. The first-order chi connectivity index (χ1) is 18.3. The monoisotopic (exact) mass is 552 g/mol. The van der Waals surface area contributed by atoms with Gasteiger partial charge < -0.3 is 14.6 Å². The number of benzene rings is 2. The average Bonchev–Trinajstić information content (AvgIpc) is 3.42. The second-order valence-corrected chi connectivity index (χ2v) is 9.81. The van der Waals surface area contributed by atoms with E-state index in [-0.39, 0.29) is 27.9 Å². The van der Waals surface area contributed by atoms with Crippen molar-refractivity contribution in [2.75, 3.05) is 18.1 Å². The van der Waals surface area contributed by atoms with E-state index in [2.05, 4.69) is 11.6 Å². The van der Waals surface area contributed by atoms with Gasteiger partial charge in [-0.25, -0.2) is 9.78 Å².